The number of nitrogens with one attached hydrogen (secondary N) is 1. The summed E-state index contributed by atoms with van der Waals surface area (Å²) in [5.74, 6) is 0.657. The Balaban J connectivity index is 2.30. The summed E-state index contributed by atoms with van der Waals surface area (Å²) in [5.41, 5.74) is 1.54. The van der Waals surface area contributed by atoms with Gasteiger partial charge in [-0.3, -0.25) is 0 Å². The number of benzene rings is 1. The van der Waals surface area contributed by atoms with Gasteiger partial charge in [0.1, 0.15) is 11.5 Å². The first kappa shape index (κ1) is 22.6. The van der Waals surface area contributed by atoms with E-state index >= 15 is 0 Å². The Morgan fingerprint density at radius 2 is 1.86 bits per heavy atom. The van der Waals surface area contributed by atoms with Crippen molar-refractivity contribution >= 4 is 5.82 Å². The summed E-state index contributed by atoms with van der Waals surface area (Å²) in [6.45, 7) is 4.43. The zero-order chi connectivity index (χ0) is 21.4. The van der Waals surface area contributed by atoms with Crippen LogP contribution in [-0.2, 0) is 0 Å². The zero-order valence-electron chi connectivity index (χ0n) is 17.0. The third-order valence-electron chi connectivity index (χ3n) is 4.17. The fraction of sp³-hybridized carbons (Fsp3) is 0.500. The maximum Gasteiger partial charge on any atom is 0.573 e. The van der Waals surface area contributed by atoms with Crippen molar-refractivity contribution in [1.82, 2.24) is 9.97 Å². The average molecular weight is 413 g/mol. The predicted molar refractivity (Wildman–Crippen MR) is 105 cm³/mol. The summed E-state index contributed by atoms with van der Waals surface area (Å²) in [6, 6.07) is 3.84. The van der Waals surface area contributed by atoms with E-state index in [9.17, 15) is 13.2 Å². The molecule has 0 amide bonds. The van der Waals surface area contributed by atoms with Gasteiger partial charge in [-0.2, -0.15) is 0 Å². The van der Waals surface area contributed by atoms with Crippen LogP contribution in [0, 0.1) is 6.92 Å². The Morgan fingerprint density at radius 1 is 1.10 bits per heavy atom. The standard InChI is InChI=1S/C20H26F3N3O3/c1-5-6-7-8-11-28-19-18(24-3)26-17(13(2)25-19)15-10-9-14(12-16(15)27-4)29-20(21,22)23/h9-10,12H,5-8,11H2,1-4H3,(H,24,26). The van der Waals surface area contributed by atoms with E-state index in [0.29, 0.717) is 35.3 Å². The molecule has 0 saturated heterocycles. The molecule has 0 unspecified atom stereocenters. The lowest BCUT2D eigenvalue weighted by atomic mass is 10.1. The van der Waals surface area contributed by atoms with Gasteiger partial charge in [-0.25, -0.2) is 9.97 Å². The van der Waals surface area contributed by atoms with Crippen LogP contribution in [-0.4, -0.2) is 37.1 Å². The van der Waals surface area contributed by atoms with Gasteiger partial charge < -0.3 is 19.5 Å². The van der Waals surface area contributed by atoms with Crippen molar-refractivity contribution in [2.75, 3.05) is 26.1 Å². The summed E-state index contributed by atoms with van der Waals surface area (Å²) in [5, 5.41) is 2.95. The molecule has 0 spiro atoms. The molecule has 2 rings (SSSR count). The van der Waals surface area contributed by atoms with Crippen LogP contribution in [0.25, 0.3) is 11.3 Å². The number of ether oxygens (including phenoxy) is 3. The second-order valence-corrected chi connectivity index (χ2v) is 6.38. The van der Waals surface area contributed by atoms with E-state index in [0.717, 1.165) is 25.7 Å². The number of alkyl halides is 3. The number of halogens is 3. The first-order valence-corrected chi connectivity index (χ1v) is 9.42. The van der Waals surface area contributed by atoms with Crippen molar-refractivity contribution in [2.45, 2.75) is 45.9 Å². The molecule has 9 heteroatoms. The second kappa shape index (κ2) is 10.2. The Kier molecular flexibility index (Phi) is 7.92. The summed E-state index contributed by atoms with van der Waals surface area (Å²) >= 11 is 0. The zero-order valence-corrected chi connectivity index (χ0v) is 17.0. The van der Waals surface area contributed by atoms with Crippen molar-refractivity contribution in [3.8, 4) is 28.6 Å². The molecule has 0 aliphatic carbocycles. The topological polar surface area (TPSA) is 65.5 Å². The lowest BCUT2D eigenvalue weighted by Gasteiger charge is -2.16. The van der Waals surface area contributed by atoms with Gasteiger partial charge in [-0.05, 0) is 25.5 Å². The molecule has 0 radical (unpaired) electrons. The Labute approximate surface area is 168 Å². The van der Waals surface area contributed by atoms with Crippen LogP contribution in [0.2, 0.25) is 0 Å². The Hall–Kier alpha value is -2.71. The normalized spacial score (nSPS) is 11.3. The minimum atomic E-state index is -4.78. The van der Waals surface area contributed by atoms with Gasteiger partial charge in [0.05, 0.1) is 25.1 Å². The molecule has 1 aromatic carbocycles. The molecular weight excluding hydrogens is 387 g/mol. The highest BCUT2D eigenvalue weighted by molar-refractivity contribution is 5.72. The number of anilines is 1. The van der Waals surface area contributed by atoms with Gasteiger partial charge in [-0.15, -0.1) is 13.2 Å². The number of methoxy groups -OCH3 is 1. The molecule has 160 valence electrons. The molecule has 0 aliphatic heterocycles. The van der Waals surface area contributed by atoms with Crippen molar-refractivity contribution in [3.63, 3.8) is 0 Å². The van der Waals surface area contributed by atoms with E-state index in [1.165, 1.54) is 25.3 Å². The summed E-state index contributed by atoms with van der Waals surface area (Å²) < 4.78 is 52.4. The van der Waals surface area contributed by atoms with Crippen LogP contribution < -0.4 is 19.5 Å². The molecule has 29 heavy (non-hydrogen) atoms. The molecule has 2 aromatic rings. The summed E-state index contributed by atoms with van der Waals surface area (Å²) in [7, 11) is 3.07. The minimum absolute atomic E-state index is 0.194. The van der Waals surface area contributed by atoms with Crippen molar-refractivity contribution in [2.24, 2.45) is 0 Å². The summed E-state index contributed by atoms with van der Waals surface area (Å²) in [4.78, 5) is 9.03. The molecule has 1 N–H and O–H groups in total. The molecular formula is C20H26F3N3O3. The van der Waals surface area contributed by atoms with E-state index in [2.05, 4.69) is 26.9 Å². The Bertz CT molecular complexity index is 814. The smallest absolute Gasteiger partial charge is 0.496 e. The maximum atomic E-state index is 12.5. The van der Waals surface area contributed by atoms with E-state index in [1.54, 1.807) is 14.0 Å². The van der Waals surface area contributed by atoms with E-state index in [-0.39, 0.29) is 11.5 Å². The fourth-order valence-electron chi connectivity index (χ4n) is 2.78. The molecule has 0 aliphatic rings. The van der Waals surface area contributed by atoms with E-state index in [1.807, 2.05) is 0 Å². The molecule has 0 atom stereocenters. The van der Waals surface area contributed by atoms with Gasteiger partial charge in [0, 0.05) is 18.7 Å². The summed E-state index contributed by atoms with van der Waals surface area (Å²) in [6.07, 6.45) is -0.477. The van der Waals surface area contributed by atoms with Crippen LogP contribution in [0.3, 0.4) is 0 Å². The Morgan fingerprint density at radius 3 is 2.48 bits per heavy atom. The first-order chi connectivity index (χ1) is 13.8. The number of unbranched alkanes of at least 4 members (excludes halogenated alkanes) is 3. The van der Waals surface area contributed by atoms with Gasteiger partial charge in [0.25, 0.3) is 5.88 Å². The van der Waals surface area contributed by atoms with Crippen LogP contribution in [0.5, 0.6) is 17.4 Å². The highest BCUT2D eigenvalue weighted by atomic mass is 19.4. The second-order valence-electron chi connectivity index (χ2n) is 6.38. The van der Waals surface area contributed by atoms with Gasteiger partial charge in [-0.1, -0.05) is 26.2 Å². The molecule has 0 saturated carbocycles. The number of aryl methyl sites for hydroxylation is 1. The highest BCUT2D eigenvalue weighted by Crippen LogP contribution is 2.37. The van der Waals surface area contributed by atoms with E-state index < -0.39 is 6.36 Å². The quantitative estimate of drug-likeness (QED) is 0.529. The predicted octanol–water partition coefficient (Wildman–Crippen LogP) is 5.36. The SMILES string of the molecule is CCCCCCOc1nc(C)c(-c2ccc(OC(F)(F)F)cc2OC)nc1NC. The minimum Gasteiger partial charge on any atom is -0.496 e. The molecule has 6 nitrogen and oxygen atoms in total. The van der Waals surface area contributed by atoms with Crippen molar-refractivity contribution in [1.29, 1.82) is 0 Å². The molecule has 1 aromatic heterocycles. The largest absolute Gasteiger partial charge is 0.573 e. The van der Waals surface area contributed by atoms with Crippen LogP contribution in [0.4, 0.5) is 19.0 Å². The fourth-order valence-corrected chi connectivity index (χ4v) is 2.78. The van der Waals surface area contributed by atoms with Gasteiger partial charge >= 0.3 is 6.36 Å². The lowest BCUT2D eigenvalue weighted by Crippen LogP contribution is -2.17. The molecule has 1 heterocycles. The number of rotatable bonds is 10. The first-order valence-electron chi connectivity index (χ1n) is 9.42. The highest BCUT2D eigenvalue weighted by Gasteiger charge is 2.31. The third kappa shape index (κ3) is 6.40. The molecule has 0 bridgehead atoms. The van der Waals surface area contributed by atoms with Crippen molar-refractivity contribution < 1.29 is 27.4 Å². The lowest BCUT2D eigenvalue weighted by molar-refractivity contribution is -0.274. The van der Waals surface area contributed by atoms with Gasteiger partial charge in [0.15, 0.2) is 5.82 Å². The van der Waals surface area contributed by atoms with Gasteiger partial charge in [0.2, 0.25) is 0 Å². The number of nitrogens with zero attached hydrogens (tertiary/aromatic N) is 2. The van der Waals surface area contributed by atoms with Crippen LogP contribution >= 0.6 is 0 Å². The third-order valence-corrected chi connectivity index (χ3v) is 4.17. The van der Waals surface area contributed by atoms with Crippen LogP contribution in [0.15, 0.2) is 18.2 Å². The maximum absolute atomic E-state index is 12.5. The monoisotopic (exact) mass is 413 g/mol. The average Bonchev–Trinajstić information content (AvgIpc) is 2.67. The number of hydrogen-bond donors (Lipinski definition) is 1. The molecule has 0 fully saturated rings. The van der Waals surface area contributed by atoms with Crippen molar-refractivity contribution in [3.05, 3.63) is 23.9 Å². The van der Waals surface area contributed by atoms with Crippen LogP contribution in [0.1, 0.15) is 38.3 Å². The number of hydrogen-bond acceptors (Lipinski definition) is 6. The van der Waals surface area contributed by atoms with E-state index in [4.69, 9.17) is 9.47 Å². The number of aromatic nitrogens is 2.